The van der Waals surface area contributed by atoms with E-state index >= 15 is 0 Å². The van der Waals surface area contributed by atoms with Crippen LogP contribution in [0.15, 0.2) is 77.8 Å². The smallest absolute Gasteiger partial charge is 0.157 e. The molecule has 3 aromatic carbocycles. The zero-order chi connectivity index (χ0) is 18.2. The van der Waals surface area contributed by atoms with Crippen LogP contribution in [0.25, 0.3) is 0 Å². The molecule has 130 valence electrons. The van der Waals surface area contributed by atoms with Crippen LogP contribution in [0.3, 0.4) is 0 Å². The first kappa shape index (κ1) is 17.9. The van der Waals surface area contributed by atoms with Crippen molar-refractivity contribution in [3.8, 4) is 11.5 Å². The van der Waals surface area contributed by atoms with Crippen molar-refractivity contribution < 1.29 is 9.47 Å². The normalized spacial score (nSPS) is 11.0. The van der Waals surface area contributed by atoms with Gasteiger partial charge in [-0.1, -0.05) is 63.0 Å². The molecular formula is C22H20NO2P. The van der Waals surface area contributed by atoms with Gasteiger partial charge in [-0.2, -0.15) is 0 Å². The average Bonchev–Trinajstić information content (AvgIpc) is 2.71. The molecule has 0 saturated heterocycles. The van der Waals surface area contributed by atoms with Crippen molar-refractivity contribution in [1.29, 1.82) is 0 Å². The number of nitrogens with zero attached hydrogens (tertiary/aromatic N) is 1. The van der Waals surface area contributed by atoms with E-state index in [2.05, 4.69) is 11.3 Å². The summed E-state index contributed by atoms with van der Waals surface area (Å²) < 4.78 is 11.5. The monoisotopic (exact) mass is 361 g/mol. The van der Waals surface area contributed by atoms with E-state index in [1.165, 1.54) is 0 Å². The quantitative estimate of drug-likeness (QED) is 0.437. The molecule has 0 heterocycles. The first-order valence-electron chi connectivity index (χ1n) is 8.25. The zero-order valence-electron chi connectivity index (χ0n) is 14.6. The van der Waals surface area contributed by atoms with Crippen LogP contribution >= 0.6 is 8.20 Å². The fourth-order valence-corrected chi connectivity index (χ4v) is 3.04. The lowest BCUT2D eigenvalue weighted by molar-refractivity contribution is 0.310. The molecule has 0 aliphatic heterocycles. The van der Waals surface area contributed by atoms with Crippen molar-refractivity contribution in [2.24, 2.45) is 4.99 Å². The summed E-state index contributed by atoms with van der Waals surface area (Å²) in [6.07, 6.45) is 5.78. The third kappa shape index (κ3) is 4.38. The van der Waals surface area contributed by atoms with Crippen molar-refractivity contribution in [2.45, 2.75) is 6.61 Å². The second-order valence-electron chi connectivity index (χ2n) is 5.56. The Labute approximate surface area is 155 Å². The second kappa shape index (κ2) is 8.98. The Morgan fingerprint density at radius 3 is 2.50 bits per heavy atom. The average molecular weight is 361 g/mol. The summed E-state index contributed by atoms with van der Waals surface area (Å²) >= 11 is 0. The summed E-state index contributed by atoms with van der Waals surface area (Å²) in [5, 5.41) is 1.01. The van der Waals surface area contributed by atoms with Gasteiger partial charge in [0.2, 0.25) is 0 Å². The molecule has 3 aromatic rings. The third-order valence-corrected chi connectivity index (χ3v) is 4.54. The van der Waals surface area contributed by atoms with E-state index in [0.717, 1.165) is 41.8 Å². The van der Waals surface area contributed by atoms with Crippen molar-refractivity contribution in [3.63, 3.8) is 0 Å². The van der Waals surface area contributed by atoms with E-state index in [9.17, 15) is 0 Å². The van der Waals surface area contributed by atoms with Gasteiger partial charge >= 0.3 is 0 Å². The van der Waals surface area contributed by atoms with Gasteiger partial charge in [0.25, 0.3) is 0 Å². The van der Waals surface area contributed by atoms with Crippen LogP contribution in [0.5, 0.6) is 11.5 Å². The van der Waals surface area contributed by atoms with E-state index in [-0.39, 0.29) is 0 Å². The highest BCUT2D eigenvalue weighted by molar-refractivity contribution is 7.45. The van der Waals surface area contributed by atoms with Crippen LogP contribution in [0.4, 0.5) is 5.69 Å². The number of hydrogen-bond acceptors (Lipinski definition) is 3. The van der Waals surface area contributed by atoms with Crippen molar-refractivity contribution in [1.82, 2.24) is 0 Å². The molecule has 0 atom stereocenters. The van der Waals surface area contributed by atoms with Gasteiger partial charge in [0, 0.05) is 17.1 Å². The van der Waals surface area contributed by atoms with Crippen LogP contribution < -0.4 is 14.8 Å². The van der Waals surface area contributed by atoms with Gasteiger partial charge in [0.05, 0.1) is 7.11 Å². The molecule has 3 nitrogen and oxygen atoms in total. The largest absolute Gasteiger partial charge is 0.496 e. The summed E-state index contributed by atoms with van der Waals surface area (Å²) in [4.78, 5) is 4.64. The fourth-order valence-electron chi connectivity index (χ4n) is 2.53. The molecular weight excluding hydrogens is 341 g/mol. The van der Waals surface area contributed by atoms with E-state index in [1.54, 1.807) is 13.3 Å². The molecule has 0 spiro atoms. The summed E-state index contributed by atoms with van der Waals surface area (Å²) in [5.41, 5.74) is 2.81. The minimum absolute atomic E-state index is 0.491. The maximum absolute atomic E-state index is 6.10. The maximum Gasteiger partial charge on any atom is 0.157 e. The molecule has 4 heteroatoms. The fraction of sp³-hybridized carbons (Fsp3) is 0.0909. The lowest BCUT2D eigenvalue weighted by atomic mass is 10.2. The summed E-state index contributed by atoms with van der Waals surface area (Å²) in [5.74, 6) is 1.55. The number of rotatable bonds is 7. The van der Waals surface area contributed by atoms with Crippen molar-refractivity contribution >= 4 is 31.7 Å². The van der Waals surface area contributed by atoms with Crippen LogP contribution in [-0.4, -0.2) is 19.6 Å². The topological polar surface area (TPSA) is 30.8 Å². The molecule has 26 heavy (non-hydrogen) atoms. The Morgan fingerprint density at radius 1 is 0.962 bits per heavy atom. The molecule has 0 N–H and O–H groups in total. The number of methoxy groups -OCH3 is 1. The Kier molecular flexibility index (Phi) is 6.19. The first-order chi connectivity index (χ1) is 12.8. The Bertz CT molecular complexity index is 907. The SMILES string of the molecule is C=Pc1cccc(N=Cc2ccccc2OC)c1OCc1ccccc1. The van der Waals surface area contributed by atoms with Gasteiger partial charge in [-0.25, -0.2) is 0 Å². The number of aliphatic imine (C=N–C) groups is 1. The van der Waals surface area contributed by atoms with E-state index in [4.69, 9.17) is 9.47 Å². The molecule has 0 fully saturated rings. The highest BCUT2D eigenvalue weighted by atomic mass is 31.1. The molecule has 0 bridgehead atoms. The zero-order valence-corrected chi connectivity index (χ0v) is 15.5. The Morgan fingerprint density at radius 2 is 1.73 bits per heavy atom. The summed E-state index contributed by atoms with van der Waals surface area (Å²) in [6.45, 7) is 0.491. The lowest BCUT2D eigenvalue weighted by Crippen LogP contribution is -2.04. The standard InChI is InChI=1S/C22H20NO2P/c1-24-20-13-7-6-11-18(20)15-23-19-12-8-14-21(26-2)22(19)25-16-17-9-4-3-5-10-17/h3-15H,2,16H2,1H3. The van der Waals surface area contributed by atoms with Gasteiger partial charge in [-0.3, -0.25) is 4.99 Å². The van der Waals surface area contributed by atoms with Crippen LogP contribution in [-0.2, 0) is 6.61 Å². The van der Waals surface area contributed by atoms with Gasteiger partial charge in [0.1, 0.15) is 18.0 Å². The van der Waals surface area contributed by atoms with Crippen LogP contribution in [0, 0.1) is 0 Å². The minimum Gasteiger partial charge on any atom is -0.496 e. The lowest BCUT2D eigenvalue weighted by Gasteiger charge is -2.12. The third-order valence-electron chi connectivity index (χ3n) is 3.85. The number of hydrogen-bond donors (Lipinski definition) is 0. The second-order valence-corrected chi connectivity index (χ2v) is 6.36. The van der Waals surface area contributed by atoms with Crippen molar-refractivity contribution in [3.05, 3.63) is 83.9 Å². The molecule has 0 aliphatic rings. The molecule has 0 radical (unpaired) electrons. The van der Waals surface area contributed by atoms with Gasteiger partial charge in [-0.05, 0) is 29.8 Å². The molecule has 0 aliphatic carbocycles. The van der Waals surface area contributed by atoms with E-state index in [0.29, 0.717) is 6.61 Å². The summed E-state index contributed by atoms with van der Waals surface area (Å²) in [7, 11) is 2.55. The molecule has 0 saturated carbocycles. The number of ether oxygens (including phenoxy) is 2. The molecule has 0 amide bonds. The molecule has 0 unspecified atom stereocenters. The molecule has 3 rings (SSSR count). The highest BCUT2D eigenvalue weighted by Gasteiger charge is 2.08. The predicted molar refractivity (Wildman–Crippen MR) is 111 cm³/mol. The van der Waals surface area contributed by atoms with Gasteiger partial charge in [0.15, 0.2) is 5.75 Å². The van der Waals surface area contributed by atoms with Crippen LogP contribution in [0.1, 0.15) is 11.1 Å². The van der Waals surface area contributed by atoms with E-state index < -0.39 is 0 Å². The molecule has 0 aromatic heterocycles. The maximum atomic E-state index is 6.10. The highest BCUT2D eigenvalue weighted by Crippen LogP contribution is 2.29. The summed E-state index contributed by atoms with van der Waals surface area (Å²) in [6, 6.07) is 23.8. The number of para-hydroxylation sites is 2. The Balaban J connectivity index is 1.89. The van der Waals surface area contributed by atoms with E-state index in [1.807, 2.05) is 72.8 Å². The van der Waals surface area contributed by atoms with Crippen LogP contribution in [0.2, 0.25) is 0 Å². The van der Waals surface area contributed by atoms with Gasteiger partial charge < -0.3 is 9.47 Å². The van der Waals surface area contributed by atoms with Crippen molar-refractivity contribution in [2.75, 3.05) is 7.11 Å². The predicted octanol–water partition coefficient (Wildman–Crippen LogP) is 5.03. The Hall–Kier alpha value is -2.90. The van der Waals surface area contributed by atoms with Gasteiger partial charge in [-0.15, -0.1) is 0 Å². The first-order valence-corrected chi connectivity index (χ1v) is 9.33. The number of benzene rings is 3. The minimum atomic E-state index is 0.491.